The number of aliphatic hydroxyl groups excluding tert-OH is 1. The summed E-state index contributed by atoms with van der Waals surface area (Å²) in [6.45, 7) is 5.10. The van der Waals surface area contributed by atoms with E-state index in [-0.39, 0.29) is 12.5 Å². The molecule has 28 heavy (non-hydrogen) atoms. The van der Waals surface area contributed by atoms with Gasteiger partial charge in [-0.15, -0.1) is 0 Å². The van der Waals surface area contributed by atoms with E-state index >= 15 is 0 Å². The number of benzene rings is 2. The lowest BCUT2D eigenvalue weighted by Crippen LogP contribution is -2.33. The second-order valence-electron chi connectivity index (χ2n) is 7.49. The van der Waals surface area contributed by atoms with Crippen LogP contribution in [-0.4, -0.2) is 53.4 Å². The SMILES string of the molecule is CC(OCC(O)CN1CCCC1)c1ccccc1-c1ccc(CC(=O)O)cc1. The minimum Gasteiger partial charge on any atom is -0.481 e. The number of ether oxygens (including phenoxy) is 1. The van der Waals surface area contributed by atoms with E-state index < -0.39 is 12.1 Å². The summed E-state index contributed by atoms with van der Waals surface area (Å²) in [6, 6.07) is 15.7. The molecule has 5 nitrogen and oxygen atoms in total. The summed E-state index contributed by atoms with van der Waals surface area (Å²) >= 11 is 0. The first kappa shape index (κ1) is 20.5. The van der Waals surface area contributed by atoms with Gasteiger partial charge in [0.25, 0.3) is 0 Å². The van der Waals surface area contributed by atoms with Crippen LogP contribution in [0.1, 0.15) is 37.0 Å². The Morgan fingerprint density at radius 1 is 1.11 bits per heavy atom. The Balaban J connectivity index is 1.64. The highest BCUT2D eigenvalue weighted by molar-refractivity contribution is 5.72. The Labute approximate surface area is 166 Å². The summed E-state index contributed by atoms with van der Waals surface area (Å²) in [6.07, 6.45) is 1.81. The topological polar surface area (TPSA) is 70.0 Å². The quantitative estimate of drug-likeness (QED) is 0.693. The summed E-state index contributed by atoms with van der Waals surface area (Å²) in [5, 5.41) is 19.2. The minimum absolute atomic E-state index is 0.0242. The Hall–Kier alpha value is -2.21. The number of carboxylic acid groups (broad SMARTS) is 1. The van der Waals surface area contributed by atoms with Gasteiger partial charge in [-0.1, -0.05) is 48.5 Å². The van der Waals surface area contributed by atoms with Crippen molar-refractivity contribution in [3.8, 4) is 11.1 Å². The van der Waals surface area contributed by atoms with Gasteiger partial charge in [-0.25, -0.2) is 0 Å². The van der Waals surface area contributed by atoms with Crippen molar-refractivity contribution in [2.75, 3.05) is 26.2 Å². The van der Waals surface area contributed by atoms with Gasteiger partial charge in [0.15, 0.2) is 0 Å². The highest BCUT2D eigenvalue weighted by Crippen LogP contribution is 2.30. The van der Waals surface area contributed by atoms with E-state index in [9.17, 15) is 9.90 Å². The molecule has 0 saturated carbocycles. The second-order valence-corrected chi connectivity index (χ2v) is 7.49. The predicted octanol–water partition coefficient (Wildman–Crippen LogP) is 3.52. The van der Waals surface area contributed by atoms with E-state index in [0.717, 1.165) is 35.3 Å². The molecule has 0 radical (unpaired) electrons. The molecule has 0 spiro atoms. The minimum atomic E-state index is -0.831. The molecule has 1 aliphatic heterocycles. The van der Waals surface area contributed by atoms with Crippen LogP contribution < -0.4 is 0 Å². The maximum Gasteiger partial charge on any atom is 0.307 e. The summed E-state index contributed by atoms with van der Waals surface area (Å²) in [5.74, 6) is -0.831. The molecule has 1 saturated heterocycles. The molecule has 2 aromatic carbocycles. The average Bonchev–Trinajstić information content (AvgIpc) is 3.19. The Bertz CT molecular complexity index is 768. The number of carbonyl (C=O) groups is 1. The van der Waals surface area contributed by atoms with Crippen LogP contribution in [-0.2, 0) is 16.0 Å². The van der Waals surface area contributed by atoms with E-state index in [4.69, 9.17) is 9.84 Å². The van der Waals surface area contributed by atoms with Gasteiger partial charge in [-0.2, -0.15) is 0 Å². The molecule has 5 heteroatoms. The lowest BCUT2D eigenvalue weighted by molar-refractivity contribution is -0.136. The van der Waals surface area contributed by atoms with E-state index in [1.807, 2.05) is 55.5 Å². The first-order chi connectivity index (χ1) is 13.5. The van der Waals surface area contributed by atoms with Gasteiger partial charge in [-0.05, 0) is 55.1 Å². The number of carboxylic acids is 1. The second kappa shape index (κ2) is 9.82. The zero-order valence-electron chi connectivity index (χ0n) is 16.4. The van der Waals surface area contributed by atoms with Crippen LogP contribution in [0.5, 0.6) is 0 Å². The molecular formula is C23H29NO4. The van der Waals surface area contributed by atoms with Crippen molar-refractivity contribution in [2.24, 2.45) is 0 Å². The first-order valence-corrected chi connectivity index (χ1v) is 9.95. The molecule has 0 aliphatic carbocycles. The van der Waals surface area contributed by atoms with Crippen LogP contribution in [0.4, 0.5) is 0 Å². The molecule has 2 unspecified atom stereocenters. The Morgan fingerprint density at radius 3 is 2.46 bits per heavy atom. The normalized spacial score (nSPS) is 16.8. The molecule has 1 fully saturated rings. The number of β-amino-alcohol motifs (C(OH)–C–C–N with tert-alkyl or cyclic N) is 1. The maximum absolute atomic E-state index is 10.9. The van der Waals surface area contributed by atoms with Gasteiger partial charge in [-0.3, -0.25) is 4.79 Å². The number of likely N-dealkylation sites (tertiary alicyclic amines) is 1. The number of rotatable bonds is 9. The molecule has 150 valence electrons. The fourth-order valence-corrected chi connectivity index (χ4v) is 3.75. The van der Waals surface area contributed by atoms with Crippen molar-refractivity contribution in [1.29, 1.82) is 0 Å². The zero-order chi connectivity index (χ0) is 19.9. The van der Waals surface area contributed by atoms with E-state index in [2.05, 4.69) is 4.90 Å². The molecule has 2 aromatic rings. The van der Waals surface area contributed by atoms with Crippen molar-refractivity contribution in [2.45, 2.75) is 38.4 Å². The van der Waals surface area contributed by atoms with Crippen molar-refractivity contribution in [1.82, 2.24) is 4.90 Å². The lowest BCUT2D eigenvalue weighted by Gasteiger charge is -2.22. The summed E-state index contributed by atoms with van der Waals surface area (Å²) in [4.78, 5) is 13.1. The van der Waals surface area contributed by atoms with Gasteiger partial charge < -0.3 is 19.8 Å². The maximum atomic E-state index is 10.9. The number of aliphatic hydroxyl groups is 1. The zero-order valence-corrected chi connectivity index (χ0v) is 16.4. The third-order valence-corrected chi connectivity index (χ3v) is 5.23. The molecule has 0 bridgehead atoms. The van der Waals surface area contributed by atoms with Gasteiger partial charge in [0.05, 0.1) is 25.2 Å². The summed E-state index contributed by atoms with van der Waals surface area (Å²) < 4.78 is 5.98. The first-order valence-electron chi connectivity index (χ1n) is 9.95. The molecular weight excluding hydrogens is 354 g/mol. The molecule has 1 heterocycles. The van der Waals surface area contributed by atoms with Crippen LogP contribution in [0, 0.1) is 0 Å². The van der Waals surface area contributed by atoms with E-state index in [0.29, 0.717) is 13.2 Å². The van der Waals surface area contributed by atoms with Gasteiger partial charge in [0.2, 0.25) is 0 Å². The van der Waals surface area contributed by atoms with E-state index in [1.54, 1.807) is 0 Å². The predicted molar refractivity (Wildman–Crippen MR) is 109 cm³/mol. The summed E-state index contributed by atoms with van der Waals surface area (Å²) in [5.41, 5.74) is 3.92. The highest BCUT2D eigenvalue weighted by atomic mass is 16.5. The smallest absolute Gasteiger partial charge is 0.307 e. The average molecular weight is 383 g/mol. The van der Waals surface area contributed by atoms with E-state index in [1.165, 1.54) is 12.8 Å². The van der Waals surface area contributed by atoms with Gasteiger partial charge >= 0.3 is 5.97 Å². The third-order valence-electron chi connectivity index (χ3n) is 5.23. The molecule has 0 amide bonds. The number of hydrogen-bond donors (Lipinski definition) is 2. The van der Waals surface area contributed by atoms with Crippen LogP contribution in [0.25, 0.3) is 11.1 Å². The van der Waals surface area contributed by atoms with Crippen LogP contribution in [0.2, 0.25) is 0 Å². The van der Waals surface area contributed by atoms with Gasteiger partial charge in [0, 0.05) is 6.54 Å². The molecule has 0 aromatic heterocycles. The van der Waals surface area contributed by atoms with Crippen molar-refractivity contribution in [3.63, 3.8) is 0 Å². The monoisotopic (exact) mass is 383 g/mol. The standard InChI is InChI=1S/C23H29NO4/c1-17(28-16-20(25)15-24-12-4-5-13-24)21-6-2-3-7-22(21)19-10-8-18(9-11-19)14-23(26)27/h2-3,6-11,17,20,25H,4-5,12-16H2,1H3,(H,26,27). The highest BCUT2D eigenvalue weighted by Gasteiger charge is 2.18. The molecule has 2 atom stereocenters. The fourth-order valence-electron chi connectivity index (χ4n) is 3.75. The van der Waals surface area contributed by atoms with Crippen LogP contribution >= 0.6 is 0 Å². The lowest BCUT2D eigenvalue weighted by atomic mass is 9.95. The number of aliphatic carboxylic acids is 1. The van der Waals surface area contributed by atoms with Crippen LogP contribution in [0.3, 0.4) is 0 Å². The fraction of sp³-hybridized carbons (Fsp3) is 0.435. The number of nitrogens with zero attached hydrogens (tertiary/aromatic N) is 1. The molecule has 2 N–H and O–H groups in total. The number of hydrogen-bond acceptors (Lipinski definition) is 4. The molecule has 1 aliphatic rings. The Kier molecular flexibility index (Phi) is 7.20. The molecule has 3 rings (SSSR count). The summed E-state index contributed by atoms with van der Waals surface area (Å²) in [7, 11) is 0. The largest absolute Gasteiger partial charge is 0.481 e. The van der Waals surface area contributed by atoms with Crippen molar-refractivity contribution < 1.29 is 19.7 Å². The van der Waals surface area contributed by atoms with Crippen molar-refractivity contribution in [3.05, 3.63) is 59.7 Å². The van der Waals surface area contributed by atoms with Crippen LogP contribution in [0.15, 0.2) is 48.5 Å². The van der Waals surface area contributed by atoms with Gasteiger partial charge in [0.1, 0.15) is 0 Å². The Morgan fingerprint density at radius 2 is 1.79 bits per heavy atom. The third kappa shape index (κ3) is 5.64. The van der Waals surface area contributed by atoms with Crippen molar-refractivity contribution >= 4 is 5.97 Å².